The Balaban J connectivity index is 1.63. The monoisotopic (exact) mass is 416 g/mol. The van der Waals surface area contributed by atoms with E-state index < -0.39 is 0 Å². The van der Waals surface area contributed by atoms with Gasteiger partial charge in [0.15, 0.2) is 17.1 Å². The molecule has 0 N–H and O–H groups in total. The zero-order valence-electron chi connectivity index (χ0n) is 15.9. The summed E-state index contributed by atoms with van der Waals surface area (Å²) in [6.45, 7) is 1.89. The molecule has 146 valence electrons. The molecule has 0 spiro atoms. The summed E-state index contributed by atoms with van der Waals surface area (Å²) in [5.41, 5.74) is 0.855. The highest BCUT2D eigenvalue weighted by atomic mass is 35.5. The minimum Gasteiger partial charge on any atom is -0.481 e. The number of para-hydroxylation sites is 2. The number of thioether (sulfide) groups is 1. The molecule has 0 aliphatic carbocycles. The molecular formula is C20H21ClN4O2S. The van der Waals surface area contributed by atoms with E-state index in [0.717, 1.165) is 5.69 Å². The van der Waals surface area contributed by atoms with Crippen LogP contribution in [0.15, 0.2) is 59.8 Å². The van der Waals surface area contributed by atoms with Crippen LogP contribution in [0, 0.1) is 0 Å². The lowest BCUT2D eigenvalue weighted by molar-refractivity contribution is -0.115. The van der Waals surface area contributed by atoms with E-state index in [1.807, 2.05) is 67.1 Å². The predicted octanol–water partition coefficient (Wildman–Crippen LogP) is 4.36. The highest BCUT2D eigenvalue weighted by molar-refractivity contribution is 7.99. The van der Waals surface area contributed by atoms with Crippen LogP contribution in [0.3, 0.4) is 0 Å². The lowest BCUT2D eigenvalue weighted by atomic mass is 10.3. The van der Waals surface area contributed by atoms with Gasteiger partial charge in [0.05, 0.1) is 10.8 Å². The summed E-state index contributed by atoms with van der Waals surface area (Å²) in [5.74, 6) is 1.50. The Labute approximate surface area is 173 Å². The van der Waals surface area contributed by atoms with Crippen molar-refractivity contribution in [2.75, 3.05) is 17.7 Å². The second-order valence-corrected chi connectivity index (χ2v) is 7.52. The van der Waals surface area contributed by atoms with Gasteiger partial charge < -0.3 is 14.2 Å². The second kappa shape index (κ2) is 9.12. The molecule has 0 saturated carbocycles. The van der Waals surface area contributed by atoms with Crippen LogP contribution in [0.5, 0.6) is 5.75 Å². The Kier molecular flexibility index (Phi) is 6.59. The fourth-order valence-electron chi connectivity index (χ4n) is 2.61. The van der Waals surface area contributed by atoms with Gasteiger partial charge in [0.25, 0.3) is 0 Å². The van der Waals surface area contributed by atoms with Gasteiger partial charge in [-0.2, -0.15) is 0 Å². The third kappa shape index (κ3) is 4.66. The van der Waals surface area contributed by atoms with E-state index in [1.54, 1.807) is 18.0 Å². The standard InChI is InChI=1S/C20H21ClN4O2S/c1-14(27-17-12-8-7-11-16(17)21)19-22-23-20(25(19)3)28-13-18(26)24(2)15-9-5-4-6-10-15/h4-12,14H,13H2,1-3H3. The molecule has 28 heavy (non-hydrogen) atoms. The number of aromatic nitrogens is 3. The van der Waals surface area contributed by atoms with E-state index in [9.17, 15) is 4.79 Å². The topological polar surface area (TPSA) is 60.3 Å². The molecule has 0 aliphatic rings. The van der Waals surface area contributed by atoms with Gasteiger partial charge in [0, 0.05) is 19.8 Å². The van der Waals surface area contributed by atoms with Gasteiger partial charge in [0.2, 0.25) is 5.91 Å². The fourth-order valence-corrected chi connectivity index (χ4v) is 3.62. The van der Waals surface area contributed by atoms with Crippen LogP contribution in [0.4, 0.5) is 5.69 Å². The smallest absolute Gasteiger partial charge is 0.237 e. The summed E-state index contributed by atoms with van der Waals surface area (Å²) in [7, 11) is 3.62. The van der Waals surface area contributed by atoms with E-state index >= 15 is 0 Å². The first kappa shape index (κ1) is 20.2. The lowest BCUT2D eigenvalue weighted by Crippen LogP contribution is -2.27. The van der Waals surface area contributed by atoms with Gasteiger partial charge >= 0.3 is 0 Å². The maximum absolute atomic E-state index is 12.5. The Hall–Kier alpha value is -2.51. The molecule has 0 aliphatic heterocycles. The minimum atomic E-state index is -0.338. The van der Waals surface area contributed by atoms with Gasteiger partial charge in [-0.25, -0.2) is 0 Å². The van der Waals surface area contributed by atoms with Crippen LogP contribution in [0.25, 0.3) is 0 Å². The Morgan fingerprint density at radius 3 is 2.57 bits per heavy atom. The van der Waals surface area contributed by atoms with Crippen molar-refractivity contribution < 1.29 is 9.53 Å². The van der Waals surface area contributed by atoms with Crippen molar-refractivity contribution in [3.63, 3.8) is 0 Å². The van der Waals surface area contributed by atoms with Crippen molar-refractivity contribution >= 4 is 35.0 Å². The fraction of sp³-hybridized carbons (Fsp3) is 0.250. The Bertz CT molecular complexity index is 948. The summed E-state index contributed by atoms with van der Waals surface area (Å²) in [6, 6.07) is 16.8. The van der Waals surface area contributed by atoms with Crippen LogP contribution < -0.4 is 9.64 Å². The molecule has 2 aromatic carbocycles. The number of carbonyl (C=O) groups excluding carboxylic acids is 1. The van der Waals surface area contributed by atoms with Crippen molar-refractivity contribution in [1.82, 2.24) is 14.8 Å². The zero-order chi connectivity index (χ0) is 20.1. The Morgan fingerprint density at radius 1 is 1.18 bits per heavy atom. The number of hydrogen-bond acceptors (Lipinski definition) is 5. The number of rotatable bonds is 7. The number of benzene rings is 2. The number of anilines is 1. The van der Waals surface area contributed by atoms with E-state index in [-0.39, 0.29) is 17.8 Å². The second-order valence-electron chi connectivity index (χ2n) is 6.17. The molecule has 1 atom stereocenters. The average molecular weight is 417 g/mol. The summed E-state index contributed by atoms with van der Waals surface area (Å²) in [6.07, 6.45) is -0.338. The molecule has 1 aromatic heterocycles. The molecule has 8 heteroatoms. The minimum absolute atomic E-state index is 0.0129. The number of ether oxygens (including phenoxy) is 1. The molecule has 0 saturated heterocycles. The molecule has 0 radical (unpaired) electrons. The van der Waals surface area contributed by atoms with E-state index in [2.05, 4.69) is 10.2 Å². The maximum atomic E-state index is 12.5. The van der Waals surface area contributed by atoms with Gasteiger partial charge in [-0.05, 0) is 31.2 Å². The quantitative estimate of drug-likeness (QED) is 0.535. The lowest BCUT2D eigenvalue weighted by Gasteiger charge is -2.17. The van der Waals surface area contributed by atoms with Gasteiger partial charge in [-0.1, -0.05) is 53.7 Å². The van der Waals surface area contributed by atoms with Crippen LogP contribution in [-0.4, -0.2) is 33.5 Å². The molecular weight excluding hydrogens is 396 g/mol. The molecule has 3 aromatic rings. The van der Waals surface area contributed by atoms with Gasteiger partial charge in [-0.15, -0.1) is 10.2 Å². The van der Waals surface area contributed by atoms with Gasteiger partial charge in [-0.3, -0.25) is 4.79 Å². The third-order valence-corrected chi connectivity index (χ3v) is 5.53. The number of nitrogens with zero attached hydrogens (tertiary/aromatic N) is 4. The number of amides is 1. The maximum Gasteiger partial charge on any atom is 0.237 e. The van der Waals surface area contributed by atoms with Crippen LogP contribution in [0.2, 0.25) is 5.02 Å². The van der Waals surface area contributed by atoms with Crippen molar-refractivity contribution in [1.29, 1.82) is 0 Å². The molecule has 1 amide bonds. The van der Waals surface area contributed by atoms with E-state index in [1.165, 1.54) is 11.8 Å². The largest absolute Gasteiger partial charge is 0.481 e. The summed E-state index contributed by atoms with van der Waals surface area (Å²) < 4.78 is 7.74. The Morgan fingerprint density at radius 2 is 1.86 bits per heavy atom. The predicted molar refractivity (Wildman–Crippen MR) is 112 cm³/mol. The molecule has 1 heterocycles. The highest BCUT2D eigenvalue weighted by Gasteiger charge is 2.19. The number of carbonyl (C=O) groups is 1. The van der Waals surface area contributed by atoms with Crippen LogP contribution >= 0.6 is 23.4 Å². The SMILES string of the molecule is CC(Oc1ccccc1Cl)c1nnc(SCC(=O)N(C)c2ccccc2)n1C. The van der Waals surface area contributed by atoms with E-state index in [0.29, 0.717) is 21.8 Å². The van der Waals surface area contributed by atoms with Crippen molar-refractivity contribution in [2.45, 2.75) is 18.2 Å². The zero-order valence-corrected chi connectivity index (χ0v) is 17.4. The number of hydrogen-bond donors (Lipinski definition) is 0. The van der Waals surface area contributed by atoms with E-state index in [4.69, 9.17) is 16.3 Å². The number of halogens is 1. The van der Waals surface area contributed by atoms with Crippen molar-refractivity contribution in [3.8, 4) is 5.75 Å². The van der Waals surface area contributed by atoms with Crippen LogP contribution in [-0.2, 0) is 11.8 Å². The summed E-state index contributed by atoms with van der Waals surface area (Å²) in [4.78, 5) is 14.1. The average Bonchev–Trinajstić information content (AvgIpc) is 3.08. The molecule has 3 rings (SSSR count). The molecule has 0 bridgehead atoms. The van der Waals surface area contributed by atoms with Crippen molar-refractivity contribution in [3.05, 3.63) is 65.4 Å². The van der Waals surface area contributed by atoms with Gasteiger partial charge in [0.1, 0.15) is 5.75 Å². The third-order valence-electron chi connectivity index (χ3n) is 4.21. The summed E-state index contributed by atoms with van der Waals surface area (Å²) >= 11 is 7.49. The summed E-state index contributed by atoms with van der Waals surface area (Å²) in [5, 5.41) is 9.61. The molecule has 1 unspecified atom stereocenters. The molecule has 0 fully saturated rings. The first-order chi connectivity index (χ1) is 13.5. The first-order valence-corrected chi connectivity index (χ1v) is 10.1. The molecule has 6 nitrogen and oxygen atoms in total. The first-order valence-electron chi connectivity index (χ1n) is 8.72. The van der Waals surface area contributed by atoms with Crippen molar-refractivity contribution in [2.24, 2.45) is 7.05 Å². The highest BCUT2D eigenvalue weighted by Crippen LogP contribution is 2.29. The normalized spacial score (nSPS) is 11.9. The van der Waals surface area contributed by atoms with Crippen LogP contribution in [0.1, 0.15) is 18.9 Å².